The predicted molar refractivity (Wildman–Crippen MR) is 88.6 cm³/mol. The molecule has 0 spiro atoms. The molecule has 3 aromatic rings. The molecule has 3 aromatic carbocycles. The summed E-state index contributed by atoms with van der Waals surface area (Å²) < 4.78 is 6.78. The number of aldehydes is 1. The van der Waals surface area contributed by atoms with Crippen molar-refractivity contribution in [1.82, 2.24) is 0 Å². The molecule has 21 heavy (non-hydrogen) atoms. The molecule has 0 fully saturated rings. The lowest BCUT2D eigenvalue weighted by Crippen LogP contribution is -1.91. The van der Waals surface area contributed by atoms with Crippen LogP contribution in [-0.4, -0.2) is 6.29 Å². The Morgan fingerprint density at radius 1 is 0.952 bits per heavy atom. The van der Waals surface area contributed by atoms with Crippen LogP contribution in [0.15, 0.2) is 59.1 Å². The van der Waals surface area contributed by atoms with Crippen LogP contribution in [0.25, 0.3) is 10.8 Å². The standard InChI is InChI=1S/C17H10BrClO2/c18-12-6-5-11(10-20)17(9-12)21-16-8-7-15(19)13-3-1-2-4-14(13)16/h1-10H. The van der Waals surface area contributed by atoms with E-state index in [0.717, 1.165) is 21.5 Å². The molecule has 0 unspecified atom stereocenters. The lowest BCUT2D eigenvalue weighted by atomic mass is 10.1. The van der Waals surface area contributed by atoms with Gasteiger partial charge >= 0.3 is 0 Å². The minimum absolute atomic E-state index is 0.497. The van der Waals surface area contributed by atoms with Crippen LogP contribution in [0.1, 0.15) is 10.4 Å². The van der Waals surface area contributed by atoms with E-state index in [4.69, 9.17) is 16.3 Å². The zero-order chi connectivity index (χ0) is 14.8. The van der Waals surface area contributed by atoms with Gasteiger partial charge in [0.1, 0.15) is 11.5 Å². The molecule has 0 N–H and O–H groups in total. The quantitative estimate of drug-likeness (QED) is 0.546. The number of halogens is 2. The Morgan fingerprint density at radius 2 is 1.71 bits per heavy atom. The second-order valence-electron chi connectivity index (χ2n) is 4.49. The molecule has 0 heterocycles. The molecule has 0 saturated carbocycles. The average molecular weight is 362 g/mol. The van der Waals surface area contributed by atoms with Gasteiger partial charge in [-0.05, 0) is 30.3 Å². The number of ether oxygens (including phenoxy) is 1. The fraction of sp³-hybridized carbons (Fsp3) is 0. The van der Waals surface area contributed by atoms with Crippen molar-refractivity contribution >= 4 is 44.6 Å². The molecule has 0 atom stereocenters. The van der Waals surface area contributed by atoms with Crippen molar-refractivity contribution in [3.63, 3.8) is 0 Å². The second-order valence-corrected chi connectivity index (χ2v) is 5.82. The SMILES string of the molecule is O=Cc1ccc(Br)cc1Oc1ccc(Cl)c2ccccc12. The Kier molecular flexibility index (Phi) is 3.95. The van der Waals surface area contributed by atoms with Gasteiger partial charge in [0.05, 0.1) is 5.56 Å². The van der Waals surface area contributed by atoms with Crippen LogP contribution >= 0.6 is 27.5 Å². The van der Waals surface area contributed by atoms with E-state index in [9.17, 15) is 4.79 Å². The van der Waals surface area contributed by atoms with Gasteiger partial charge < -0.3 is 4.74 Å². The van der Waals surface area contributed by atoms with E-state index in [2.05, 4.69) is 15.9 Å². The fourth-order valence-corrected chi connectivity index (χ4v) is 2.70. The highest BCUT2D eigenvalue weighted by molar-refractivity contribution is 9.10. The highest BCUT2D eigenvalue weighted by Gasteiger charge is 2.09. The maximum atomic E-state index is 11.1. The first-order valence-electron chi connectivity index (χ1n) is 6.29. The van der Waals surface area contributed by atoms with Crippen LogP contribution in [0.3, 0.4) is 0 Å². The van der Waals surface area contributed by atoms with E-state index in [-0.39, 0.29) is 0 Å². The predicted octanol–water partition coefficient (Wildman–Crippen LogP) is 5.86. The van der Waals surface area contributed by atoms with Crippen LogP contribution in [0.4, 0.5) is 0 Å². The van der Waals surface area contributed by atoms with Gasteiger partial charge in [-0.15, -0.1) is 0 Å². The highest BCUT2D eigenvalue weighted by atomic mass is 79.9. The number of hydrogen-bond donors (Lipinski definition) is 0. The fourth-order valence-electron chi connectivity index (χ4n) is 2.14. The third kappa shape index (κ3) is 2.80. The van der Waals surface area contributed by atoms with Crippen molar-refractivity contribution in [2.45, 2.75) is 0 Å². The van der Waals surface area contributed by atoms with Gasteiger partial charge in [0.25, 0.3) is 0 Å². The summed E-state index contributed by atoms with van der Waals surface area (Å²) in [5.41, 5.74) is 0.497. The molecule has 0 aliphatic heterocycles. The van der Waals surface area contributed by atoms with Crippen molar-refractivity contribution < 1.29 is 9.53 Å². The Bertz CT molecular complexity index is 830. The summed E-state index contributed by atoms with van der Waals surface area (Å²) in [5.74, 6) is 1.17. The monoisotopic (exact) mass is 360 g/mol. The molecule has 0 aromatic heterocycles. The zero-order valence-electron chi connectivity index (χ0n) is 10.8. The van der Waals surface area contributed by atoms with E-state index < -0.39 is 0 Å². The first kappa shape index (κ1) is 14.1. The van der Waals surface area contributed by atoms with Crippen LogP contribution in [0.5, 0.6) is 11.5 Å². The van der Waals surface area contributed by atoms with E-state index in [1.54, 1.807) is 30.3 Å². The Morgan fingerprint density at radius 3 is 2.48 bits per heavy atom. The van der Waals surface area contributed by atoms with E-state index in [0.29, 0.717) is 22.1 Å². The molecular formula is C17H10BrClO2. The molecule has 2 nitrogen and oxygen atoms in total. The largest absolute Gasteiger partial charge is 0.456 e. The molecule has 104 valence electrons. The summed E-state index contributed by atoms with van der Waals surface area (Å²) in [6.07, 6.45) is 0.778. The van der Waals surface area contributed by atoms with Gasteiger partial charge in [0.15, 0.2) is 6.29 Å². The summed E-state index contributed by atoms with van der Waals surface area (Å²) in [6, 6.07) is 16.6. The summed E-state index contributed by atoms with van der Waals surface area (Å²) in [7, 11) is 0. The lowest BCUT2D eigenvalue weighted by Gasteiger charge is -2.11. The van der Waals surface area contributed by atoms with E-state index in [1.165, 1.54) is 0 Å². The summed E-state index contributed by atoms with van der Waals surface area (Å²) in [4.78, 5) is 11.1. The molecule has 0 aliphatic carbocycles. The Hall–Kier alpha value is -1.84. The van der Waals surface area contributed by atoms with Crippen molar-refractivity contribution in [3.8, 4) is 11.5 Å². The van der Waals surface area contributed by atoms with Gasteiger partial charge in [0, 0.05) is 20.3 Å². The molecule has 0 aliphatic rings. The normalized spacial score (nSPS) is 10.6. The van der Waals surface area contributed by atoms with Crippen molar-refractivity contribution in [2.75, 3.05) is 0 Å². The molecular weight excluding hydrogens is 352 g/mol. The highest BCUT2D eigenvalue weighted by Crippen LogP contribution is 2.35. The van der Waals surface area contributed by atoms with Gasteiger partial charge in [0.2, 0.25) is 0 Å². The second kappa shape index (κ2) is 5.88. The minimum atomic E-state index is 0.497. The zero-order valence-corrected chi connectivity index (χ0v) is 13.2. The van der Waals surface area contributed by atoms with Crippen molar-refractivity contribution in [3.05, 3.63) is 69.7 Å². The summed E-state index contributed by atoms with van der Waals surface area (Å²) in [5, 5.41) is 2.49. The topological polar surface area (TPSA) is 26.3 Å². The van der Waals surface area contributed by atoms with E-state index in [1.807, 2.05) is 24.3 Å². The maximum absolute atomic E-state index is 11.1. The summed E-state index contributed by atoms with van der Waals surface area (Å²) >= 11 is 9.58. The lowest BCUT2D eigenvalue weighted by molar-refractivity contribution is 0.112. The van der Waals surface area contributed by atoms with Crippen molar-refractivity contribution in [1.29, 1.82) is 0 Å². The number of hydrogen-bond acceptors (Lipinski definition) is 2. The maximum Gasteiger partial charge on any atom is 0.153 e. The smallest absolute Gasteiger partial charge is 0.153 e. The Balaban J connectivity index is 2.13. The first-order chi connectivity index (χ1) is 10.2. The average Bonchev–Trinajstić information content (AvgIpc) is 2.51. The molecule has 0 saturated heterocycles. The number of fused-ring (bicyclic) bond motifs is 1. The number of carbonyl (C=O) groups excluding carboxylic acids is 1. The van der Waals surface area contributed by atoms with Crippen LogP contribution in [-0.2, 0) is 0 Å². The van der Waals surface area contributed by atoms with Gasteiger partial charge in [-0.2, -0.15) is 0 Å². The third-order valence-electron chi connectivity index (χ3n) is 3.15. The molecule has 3 rings (SSSR count). The van der Waals surface area contributed by atoms with Crippen molar-refractivity contribution in [2.24, 2.45) is 0 Å². The number of rotatable bonds is 3. The number of carbonyl (C=O) groups is 1. The Labute approximate surface area is 135 Å². The molecule has 0 amide bonds. The van der Waals surface area contributed by atoms with Crippen LogP contribution in [0.2, 0.25) is 5.02 Å². The van der Waals surface area contributed by atoms with Gasteiger partial charge in [-0.1, -0.05) is 51.8 Å². The number of benzene rings is 3. The first-order valence-corrected chi connectivity index (χ1v) is 7.46. The minimum Gasteiger partial charge on any atom is -0.456 e. The molecule has 0 radical (unpaired) electrons. The molecule has 4 heteroatoms. The van der Waals surface area contributed by atoms with Crippen LogP contribution in [0, 0.1) is 0 Å². The van der Waals surface area contributed by atoms with Gasteiger partial charge in [-0.25, -0.2) is 0 Å². The van der Waals surface area contributed by atoms with Crippen LogP contribution < -0.4 is 4.74 Å². The summed E-state index contributed by atoms with van der Waals surface area (Å²) in [6.45, 7) is 0. The van der Waals surface area contributed by atoms with Gasteiger partial charge in [-0.3, -0.25) is 4.79 Å². The molecule has 0 bridgehead atoms. The third-order valence-corrected chi connectivity index (χ3v) is 3.98. The van der Waals surface area contributed by atoms with E-state index >= 15 is 0 Å².